The van der Waals surface area contributed by atoms with Gasteiger partial charge in [0.15, 0.2) is 0 Å². The molecule has 1 fully saturated rings. The summed E-state index contributed by atoms with van der Waals surface area (Å²) in [5, 5.41) is 0.0533. The van der Waals surface area contributed by atoms with Gasteiger partial charge in [-0.15, -0.1) is 0 Å². The predicted octanol–water partition coefficient (Wildman–Crippen LogP) is 3.99. The number of hydrogen-bond acceptors (Lipinski definition) is 2. The minimum absolute atomic E-state index is 0.0533. The molecule has 0 spiro atoms. The van der Waals surface area contributed by atoms with Gasteiger partial charge in [-0.2, -0.15) is 0 Å². The van der Waals surface area contributed by atoms with Crippen LogP contribution in [-0.2, 0) is 0 Å². The van der Waals surface area contributed by atoms with Gasteiger partial charge < -0.3 is 5.73 Å². The van der Waals surface area contributed by atoms with E-state index in [-0.39, 0.29) is 29.9 Å². The van der Waals surface area contributed by atoms with E-state index >= 15 is 0 Å². The Morgan fingerprint density at radius 1 is 1.43 bits per heavy atom. The van der Waals surface area contributed by atoms with Crippen molar-refractivity contribution in [1.29, 1.82) is 0 Å². The maximum atomic E-state index is 14.2. The molecular weight excluding hydrogens is 301 g/mol. The summed E-state index contributed by atoms with van der Waals surface area (Å²) >= 11 is 5.83. The van der Waals surface area contributed by atoms with Crippen LogP contribution >= 0.6 is 11.6 Å². The summed E-state index contributed by atoms with van der Waals surface area (Å²) < 4.78 is 40.5. The molecule has 1 aliphatic carbocycles. The number of rotatable bonds is 6. The zero-order chi connectivity index (χ0) is 15.6. The molecule has 0 saturated heterocycles. The van der Waals surface area contributed by atoms with E-state index < -0.39 is 11.7 Å². The molecule has 2 rings (SSSR count). The number of halogens is 4. The van der Waals surface area contributed by atoms with Crippen LogP contribution in [0.3, 0.4) is 0 Å². The van der Waals surface area contributed by atoms with Gasteiger partial charge in [-0.3, -0.25) is 4.90 Å². The van der Waals surface area contributed by atoms with E-state index in [2.05, 4.69) is 0 Å². The normalized spacial score (nSPS) is 19.6. The van der Waals surface area contributed by atoms with Crippen molar-refractivity contribution in [2.24, 2.45) is 5.73 Å². The molecule has 6 heteroatoms. The Labute approximate surface area is 128 Å². The van der Waals surface area contributed by atoms with Gasteiger partial charge in [0.25, 0.3) is 5.92 Å². The van der Waals surface area contributed by atoms with E-state index in [4.69, 9.17) is 17.3 Å². The van der Waals surface area contributed by atoms with Crippen molar-refractivity contribution < 1.29 is 13.2 Å². The lowest BCUT2D eigenvalue weighted by molar-refractivity contribution is -0.132. The molecule has 2 nitrogen and oxygen atoms in total. The highest BCUT2D eigenvalue weighted by atomic mass is 35.5. The summed E-state index contributed by atoms with van der Waals surface area (Å²) in [4.78, 5) is 1.89. The second-order valence-electron chi connectivity index (χ2n) is 5.51. The van der Waals surface area contributed by atoms with Crippen LogP contribution in [0.25, 0.3) is 0 Å². The van der Waals surface area contributed by atoms with Gasteiger partial charge in [0.1, 0.15) is 5.82 Å². The van der Waals surface area contributed by atoms with E-state index in [9.17, 15) is 13.2 Å². The summed E-state index contributed by atoms with van der Waals surface area (Å²) in [7, 11) is 0. The maximum Gasteiger partial charge on any atom is 0.251 e. The molecule has 0 bridgehead atoms. The Hall–Kier alpha value is -0.780. The fourth-order valence-corrected chi connectivity index (χ4v) is 3.20. The van der Waals surface area contributed by atoms with Gasteiger partial charge in [0, 0.05) is 43.6 Å². The van der Waals surface area contributed by atoms with Gasteiger partial charge in [0.05, 0.1) is 5.02 Å². The third-order valence-corrected chi connectivity index (χ3v) is 4.34. The standard InChI is InChI=1S/C15H20ClF3N2/c1-2-13(11-4-3-5-12(16)14(11)17)21(7-6-20)10-8-15(18,19)9-10/h3-5,10,13H,2,6-9,20H2,1H3. The number of nitrogens with zero attached hydrogens (tertiary/aromatic N) is 1. The average Bonchev–Trinajstić information content (AvgIpc) is 2.40. The van der Waals surface area contributed by atoms with Crippen molar-refractivity contribution in [2.45, 2.75) is 44.2 Å². The molecule has 1 atom stereocenters. The van der Waals surface area contributed by atoms with E-state index in [0.29, 0.717) is 25.1 Å². The molecule has 0 amide bonds. The first-order valence-corrected chi connectivity index (χ1v) is 7.55. The lowest BCUT2D eigenvalue weighted by Crippen LogP contribution is -2.53. The van der Waals surface area contributed by atoms with Gasteiger partial charge in [-0.05, 0) is 12.5 Å². The summed E-state index contributed by atoms with van der Waals surface area (Å²) in [5.41, 5.74) is 6.06. The predicted molar refractivity (Wildman–Crippen MR) is 78.2 cm³/mol. The Bertz CT molecular complexity index is 488. The van der Waals surface area contributed by atoms with Gasteiger partial charge in [-0.1, -0.05) is 30.7 Å². The first-order chi connectivity index (χ1) is 9.89. The first-order valence-electron chi connectivity index (χ1n) is 7.17. The monoisotopic (exact) mass is 320 g/mol. The summed E-state index contributed by atoms with van der Waals surface area (Å²) in [6.07, 6.45) is 0.233. The minimum atomic E-state index is -2.61. The van der Waals surface area contributed by atoms with Crippen LogP contribution in [0.2, 0.25) is 5.02 Å². The van der Waals surface area contributed by atoms with Gasteiger partial charge in [-0.25, -0.2) is 13.2 Å². The molecule has 0 aliphatic heterocycles. The van der Waals surface area contributed by atoms with Crippen molar-refractivity contribution >= 4 is 11.6 Å². The lowest BCUT2D eigenvalue weighted by Gasteiger charge is -2.46. The Balaban J connectivity index is 2.26. The SMILES string of the molecule is CCC(c1cccc(Cl)c1F)N(CCN)C1CC(F)(F)C1. The lowest BCUT2D eigenvalue weighted by atomic mass is 9.84. The van der Waals surface area contributed by atoms with Crippen LogP contribution in [0.4, 0.5) is 13.2 Å². The Kier molecular flexibility index (Phi) is 5.17. The Morgan fingerprint density at radius 2 is 2.10 bits per heavy atom. The zero-order valence-corrected chi connectivity index (χ0v) is 12.7. The average molecular weight is 321 g/mol. The quantitative estimate of drug-likeness (QED) is 0.858. The fraction of sp³-hybridized carbons (Fsp3) is 0.600. The molecule has 1 saturated carbocycles. The second kappa shape index (κ2) is 6.55. The van der Waals surface area contributed by atoms with E-state index in [1.165, 1.54) is 6.07 Å². The minimum Gasteiger partial charge on any atom is -0.329 e. The van der Waals surface area contributed by atoms with E-state index in [1.807, 2.05) is 11.8 Å². The van der Waals surface area contributed by atoms with E-state index in [0.717, 1.165) is 0 Å². The van der Waals surface area contributed by atoms with E-state index in [1.54, 1.807) is 12.1 Å². The number of benzene rings is 1. The summed E-state index contributed by atoms with van der Waals surface area (Å²) in [5.74, 6) is -3.08. The third-order valence-electron chi connectivity index (χ3n) is 4.05. The molecule has 0 radical (unpaired) electrons. The topological polar surface area (TPSA) is 29.3 Å². The fourth-order valence-electron chi connectivity index (χ4n) is 3.02. The molecule has 1 aromatic carbocycles. The Morgan fingerprint density at radius 3 is 2.62 bits per heavy atom. The van der Waals surface area contributed by atoms with Crippen LogP contribution in [0.5, 0.6) is 0 Å². The van der Waals surface area contributed by atoms with Crippen molar-refractivity contribution in [2.75, 3.05) is 13.1 Å². The van der Waals surface area contributed by atoms with Crippen LogP contribution in [-0.4, -0.2) is 30.0 Å². The number of nitrogens with two attached hydrogens (primary N) is 1. The third kappa shape index (κ3) is 3.52. The largest absolute Gasteiger partial charge is 0.329 e. The highest BCUT2D eigenvalue weighted by Gasteiger charge is 2.49. The van der Waals surface area contributed by atoms with Gasteiger partial charge >= 0.3 is 0 Å². The maximum absolute atomic E-state index is 14.2. The second-order valence-corrected chi connectivity index (χ2v) is 5.92. The van der Waals surface area contributed by atoms with Crippen LogP contribution in [0.1, 0.15) is 37.8 Å². The highest BCUT2D eigenvalue weighted by Crippen LogP contribution is 2.44. The molecule has 1 unspecified atom stereocenters. The van der Waals surface area contributed by atoms with Crippen LogP contribution < -0.4 is 5.73 Å². The molecule has 0 aromatic heterocycles. The van der Waals surface area contributed by atoms with Crippen molar-refractivity contribution in [3.05, 3.63) is 34.6 Å². The van der Waals surface area contributed by atoms with Crippen molar-refractivity contribution in [3.63, 3.8) is 0 Å². The number of hydrogen-bond donors (Lipinski definition) is 1. The van der Waals surface area contributed by atoms with Crippen molar-refractivity contribution in [1.82, 2.24) is 4.90 Å². The van der Waals surface area contributed by atoms with Crippen molar-refractivity contribution in [3.8, 4) is 0 Å². The molecule has 2 N–H and O–H groups in total. The van der Waals surface area contributed by atoms with Gasteiger partial charge in [0.2, 0.25) is 0 Å². The molecule has 0 heterocycles. The molecular formula is C15H20ClF3N2. The molecule has 118 valence electrons. The smallest absolute Gasteiger partial charge is 0.251 e. The van der Waals surface area contributed by atoms with Crippen LogP contribution in [0, 0.1) is 5.82 Å². The van der Waals surface area contributed by atoms with Crippen LogP contribution in [0.15, 0.2) is 18.2 Å². The first kappa shape index (κ1) is 16.6. The highest BCUT2D eigenvalue weighted by molar-refractivity contribution is 6.30. The zero-order valence-electron chi connectivity index (χ0n) is 12.0. The molecule has 1 aliphatic rings. The molecule has 1 aromatic rings. The summed E-state index contributed by atoms with van der Waals surface area (Å²) in [6.45, 7) is 2.72. The number of alkyl halides is 2. The summed E-state index contributed by atoms with van der Waals surface area (Å²) in [6, 6.07) is 4.28. The molecule has 21 heavy (non-hydrogen) atoms.